The van der Waals surface area contributed by atoms with Gasteiger partial charge in [0.25, 0.3) is 0 Å². The first-order chi connectivity index (χ1) is 7.72. The second kappa shape index (κ2) is 6.45. The van der Waals surface area contributed by atoms with Crippen molar-refractivity contribution >= 4 is 0 Å². The molecule has 1 atom stereocenters. The van der Waals surface area contributed by atoms with Crippen molar-refractivity contribution in [2.24, 2.45) is 0 Å². The molecule has 0 heterocycles. The Balaban J connectivity index is 2.80. The minimum Gasteiger partial charge on any atom is -0.494 e. The van der Waals surface area contributed by atoms with E-state index >= 15 is 0 Å². The molecule has 0 spiro atoms. The summed E-state index contributed by atoms with van der Waals surface area (Å²) in [4.78, 5) is 0. The lowest BCUT2D eigenvalue weighted by Crippen LogP contribution is -2.17. The van der Waals surface area contributed by atoms with E-state index in [4.69, 9.17) is 9.84 Å². The molecule has 0 aliphatic heterocycles. The molecule has 1 rings (SSSR count). The van der Waals surface area contributed by atoms with E-state index in [1.807, 2.05) is 13.1 Å². The number of methoxy groups -OCH3 is 1. The predicted molar refractivity (Wildman–Crippen MR) is 61.1 cm³/mol. The fourth-order valence-corrected chi connectivity index (χ4v) is 1.67. The van der Waals surface area contributed by atoms with Crippen LogP contribution in [0.1, 0.15) is 24.4 Å². The first-order valence-electron chi connectivity index (χ1n) is 5.34. The molecule has 0 amide bonds. The average molecular weight is 227 g/mol. The van der Waals surface area contributed by atoms with Crippen molar-refractivity contribution in [3.05, 3.63) is 29.6 Å². The van der Waals surface area contributed by atoms with Crippen molar-refractivity contribution in [2.45, 2.75) is 18.9 Å². The molecule has 1 aromatic rings. The molecule has 0 bridgehead atoms. The van der Waals surface area contributed by atoms with E-state index in [1.54, 1.807) is 6.07 Å². The average Bonchev–Trinajstić information content (AvgIpc) is 2.30. The Hall–Kier alpha value is -1.13. The lowest BCUT2D eigenvalue weighted by Gasteiger charge is -2.16. The first-order valence-corrected chi connectivity index (χ1v) is 5.34. The van der Waals surface area contributed by atoms with Gasteiger partial charge in [0.1, 0.15) is 0 Å². The number of aliphatic hydroxyl groups is 1. The molecule has 4 heteroatoms. The maximum Gasteiger partial charge on any atom is 0.165 e. The Morgan fingerprint density at radius 2 is 2.25 bits per heavy atom. The molecule has 0 aliphatic rings. The smallest absolute Gasteiger partial charge is 0.165 e. The van der Waals surface area contributed by atoms with Crippen LogP contribution in [0, 0.1) is 5.82 Å². The van der Waals surface area contributed by atoms with Gasteiger partial charge in [0.15, 0.2) is 11.6 Å². The quantitative estimate of drug-likeness (QED) is 0.779. The zero-order valence-corrected chi connectivity index (χ0v) is 9.66. The molecule has 2 N–H and O–H groups in total. The standard InChI is InChI=1S/C12H18FNO2/c1-14-11(4-3-7-15)9-5-6-12(16-2)10(13)8-9/h5-6,8,11,14-15H,3-4,7H2,1-2H3. The number of benzene rings is 1. The molecule has 1 aromatic carbocycles. The van der Waals surface area contributed by atoms with Crippen LogP contribution < -0.4 is 10.1 Å². The Kier molecular flexibility index (Phi) is 5.22. The van der Waals surface area contributed by atoms with Crippen LogP contribution in [-0.2, 0) is 0 Å². The van der Waals surface area contributed by atoms with Gasteiger partial charge in [-0.25, -0.2) is 4.39 Å². The van der Waals surface area contributed by atoms with Crippen molar-refractivity contribution in [3.63, 3.8) is 0 Å². The van der Waals surface area contributed by atoms with Gasteiger partial charge in [-0.05, 0) is 37.6 Å². The normalized spacial score (nSPS) is 12.5. The van der Waals surface area contributed by atoms with Crippen LogP contribution in [0.2, 0.25) is 0 Å². The highest BCUT2D eigenvalue weighted by Crippen LogP contribution is 2.24. The van der Waals surface area contributed by atoms with Gasteiger partial charge >= 0.3 is 0 Å². The number of halogens is 1. The van der Waals surface area contributed by atoms with Crippen LogP contribution in [0.5, 0.6) is 5.75 Å². The van der Waals surface area contributed by atoms with Gasteiger partial charge in [0, 0.05) is 12.6 Å². The number of nitrogens with one attached hydrogen (secondary N) is 1. The Morgan fingerprint density at radius 3 is 2.75 bits per heavy atom. The lowest BCUT2D eigenvalue weighted by atomic mass is 10.0. The summed E-state index contributed by atoms with van der Waals surface area (Å²) in [5.41, 5.74) is 0.870. The van der Waals surface area contributed by atoms with E-state index in [0.717, 1.165) is 12.0 Å². The number of ether oxygens (including phenoxy) is 1. The van der Waals surface area contributed by atoms with Crippen LogP contribution in [0.15, 0.2) is 18.2 Å². The highest BCUT2D eigenvalue weighted by molar-refractivity contribution is 5.31. The summed E-state index contributed by atoms with van der Waals surface area (Å²) in [6.07, 6.45) is 1.47. The highest BCUT2D eigenvalue weighted by atomic mass is 19.1. The monoisotopic (exact) mass is 227 g/mol. The van der Waals surface area contributed by atoms with Crippen LogP contribution in [-0.4, -0.2) is 25.9 Å². The largest absolute Gasteiger partial charge is 0.494 e. The van der Waals surface area contributed by atoms with E-state index in [2.05, 4.69) is 5.32 Å². The van der Waals surface area contributed by atoms with Gasteiger partial charge in [0.2, 0.25) is 0 Å². The lowest BCUT2D eigenvalue weighted by molar-refractivity contribution is 0.276. The van der Waals surface area contributed by atoms with Crippen molar-refractivity contribution in [1.82, 2.24) is 5.32 Å². The predicted octanol–water partition coefficient (Wildman–Crippen LogP) is 1.87. The van der Waals surface area contributed by atoms with E-state index in [1.165, 1.54) is 13.2 Å². The molecule has 0 aliphatic carbocycles. The summed E-state index contributed by atoms with van der Waals surface area (Å²) in [5, 5.41) is 11.9. The van der Waals surface area contributed by atoms with Gasteiger partial charge in [-0.3, -0.25) is 0 Å². The second-order valence-corrected chi connectivity index (χ2v) is 3.60. The van der Waals surface area contributed by atoms with Crippen molar-refractivity contribution in [2.75, 3.05) is 20.8 Å². The second-order valence-electron chi connectivity index (χ2n) is 3.60. The molecule has 90 valence electrons. The van der Waals surface area contributed by atoms with Crippen molar-refractivity contribution in [3.8, 4) is 5.75 Å². The Bertz CT molecular complexity index is 331. The number of aliphatic hydroxyl groups excluding tert-OH is 1. The minimum absolute atomic E-state index is 0.0626. The third-order valence-corrected chi connectivity index (χ3v) is 2.58. The van der Waals surface area contributed by atoms with Crippen LogP contribution in [0.3, 0.4) is 0 Å². The van der Waals surface area contributed by atoms with Gasteiger partial charge in [-0.1, -0.05) is 6.07 Å². The molecule has 0 saturated heterocycles. The topological polar surface area (TPSA) is 41.5 Å². The number of hydrogen-bond donors (Lipinski definition) is 2. The summed E-state index contributed by atoms with van der Waals surface area (Å²) >= 11 is 0. The summed E-state index contributed by atoms with van der Waals surface area (Å²) in [5.74, 6) is -0.106. The Labute approximate surface area is 95.2 Å². The van der Waals surface area contributed by atoms with E-state index in [-0.39, 0.29) is 24.2 Å². The Morgan fingerprint density at radius 1 is 1.50 bits per heavy atom. The van der Waals surface area contributed by atoms with Crippen molar-refractivity contribution < 1.29 is 14.2 Å². The van der Waals surface area contributed by atoms with Gasteiger partial charge in [-0.15, -0.1) is 0 Å². The summed E-state index contributed by atoms with van der Waals surface area (Å²) < 4.78 is 18.3. The molecular weight excluding hydrogens is 209 g/mol. The van der Waals surface area contributed by atoms with E-state index < -0.39 is 0 Å². The summed E-state index contributed by atoms with van der Waals surface area (Å²) in [7, 11) is 3.27. The molecule has 0 fully saturated rings. The molecule has 16 heavy (non-hydrogen) atoms. The maximum absolute atomic E-state index is 13.5. The third-order valence-electron chi connectivity index (χ3n) is 2.58. The molecular formula is C12H18FNO2. The van der Waals surface area contributed by atoms with Crippen LogP contribution in [0.25, 0.3) is 0 Å². The zero-order chi connectivity index (χ0) is 12.0. The van der Waals surface area contributed by atoms with Crippen LogP contribution >= 0.6 is 0 Å². The fraction of sp³-hybridized carbons (Fsp3) is 0.500. The fourth-order valence-electron chi connectivity index (χ4n) is 1.67. The highest BCUT2D eigenvalue weighted by Gasteiger charge is 2.11. The zero-order valence-electron chi connectivity index (χ0n) is 9.66. The SMILES string of the molecule is CNC(CCCO)c1ccc(OC)c(F)c1. The van der Waals surface area contributed by atoms with Gasteiger partial charge in [0.05, 0.1) is 7.11 Å². The van der Waals surface area contributed by atoms with Gasteiger partial charge in [-0.2, -0.15) is 0 Å². The number of rotatable bonds is 6. The van der Waals surface area contributed by atoms with Crippen LogP contribution in [0.4, 0.5) is 4.39 Å². The molecule has 1 unspecified atom stereocenters. The number of hydrogen-bond acceptors (Lipinski definition) is 3. The summed E-state index contributed by atoms with van der Waals surface area (Å²) in [6.45, 7) is 0.150. The van der Waals surface area contributed by atoms with E-state index in [9.17, 15) is 4.39 Å². The maximum atomic E-state index is 13.5. The first kappa shape index (κ1) is 12.9. The minimum atomic E-state index is -0.357. The van der Waals surface area contributed by atoms with Gasteiger partial charge < -0.3 is 15.2 Å². The van der Waals surface area contributed by atoms with Crippen molar-refractivity contribution in [1.29, 1.82) is 0 Å². The molecule has 0 radical (unpaired) electrons. The summed E-state index contributed by atoms with van der Waals surface area (Å²) in [6, 6.07) is 4.98. The third kappa shape index (κ3) is 3.18. The molecule has 3 nitrogen and oxygen atoms in total. The molecule has 0 saturated carbocycles. The van der Waals surface area contributed by atoms with E-state index in [0.29, 0.717) is 6.42 Å². The molecule has 0 aromatic heterocycles.